The van der Waals surface area contributed by atoms with Crippen LogP contribution in [0.2, 0.25) is 0 Å². The molecule has 0 aromatic heterocycles. The number of ether oxygens (including phenoxy) is 1. The van der Waals surface area contributed by atoms with Gasteiger partial charge in [-0.1, -0.05) is 0 Å². The zero-order chi connectivity index (χ0) is 20.4. The average Bonchev–Trinajstić information content (AvgIpc) is 2.98. The lowest BCUT2D eigenvalue weighted by molar-refractivity contribution is -0.384. The van der Waals surface area contributed by atoms with Gasteiger partial charge in [0.2, 0.25) is 5.91 Å². The van der Waals surface area contributed by atoms with Crippen molar-refractivity contribution in [3.05, 3.63) is 50.5 Å². The lowest BCUT2D eigenvalue weighted by Gasteiger charge is -2.44. The molecule has 3 atom stereocenters. The van der Waals surface area contributed by atoms with Crippen molar-refractivity contribution in [2.75, 3.05) is 12.3 Å². The molecule has 1 aromatic rings. The highest BCUT2D eigenvalue weighted by Gasteiger charge is 2.56. The van der Waals surface area contributed by atoms with Gasteiger partial charge in [-0.25, -0.2) is 4.79 Å². The molecule has 1 amide bonds. The van der Waals surface area contributed by atoms with Crippen molar-refractivity contribution in [3.63, 3.8) is 0 Å². The molecule has 0 radical (unpaired) electrons. The number of aliphatic hydroxyl groups excluding tert-OH is 1. The summed E-state index contributed by atoms with van der Waals surface area (Å²) in [6, 6.07) is 5.46. The van der Waals surface area contributed by atoms with Gasteiger partial charge in [0, 0.05) is 35.8 Å². The van der Waals surface area contributed by atoms with Crippen LogP contribution < -0.4 is 5.73 Å². The first kappa shape index (κ1) is 20.3. The summed E-state index contributed by atoms with van der Waals surface area (Å²) in [5.74, 6) is -0.834. The van der Waals surface area contributed by atoms with E-state index in [2.05, 4.69) is 0 Å². The van der Waals surface area contributed by atoms with E-state index in [-0.39, 0.29) is 29.9 Å². The number of carbonyl (C=O) groups excluding carboxylic acids is 2. The van der Waals surface area contributed by atoms with Crippen LogP contribution in [-0.2, 0) is 20.9 Å². The molecule has 2 aliphatic heterocycles. The molecular formula is C18H21N3O6S. The van der Waals surface area contributed by atoms with E-state index in [1.54, 1.807) is 6.92 Å². The lowest BCUT2D eigenvalue weighted by Crippen LogP contribution is -2.61. The highest BCUT2D eigenvalue weighted by molar-refractivity contribution is 8.03. The number of esters is 1. The Morgan fingerprint density at radius 2 is 2.14 bits per heavy atom. The third kappa shape index (κ3) is 3.75. The van der Waals surface area contributed by atoms with E-state index in [1.165, 1.54) is 40.9 Å². The number of hydrogen-bond acceptors (Lipinski definition) is 8. The van der Waals surface area contributed by atoms with E-state index in [1.807, 2.05) is 0 Å². The second kappa shape index (κ2) is 8.29. The van der Waals surface area contributed by atoms with Crippen LogP contribution >= 0.6 is 11.8 Å². The van der Waals surface area contributed by atoms with Gasteiger partial charge in [0.05, 0.1) is 23.0 Å². The second-order valence-corrected chi connectivity index (χ2v) is 7.84. The number of nitrogens with zero attached hydrogens (tertiary/aromatic N) is 2. The fraction of sp³-hybridized carbons (Fsp3) is 0.444. The smallest absolute Gasteiger partial charge is 0.356 e. The van der Waals surface area contributed by atoms with Gasteiger partial charge in [-0.05, 0) is 24.6 Å². The molecule has 3 N–H and O–H groups in total. The van der Waals surface area contributed by atoms with Crippen LogP contribution in [-0.4, -0.2) is 51.2 Å². The van der Waals surface area contributed by atoms with Crippen LogP contribution in [0, 0.1) is 16.0 Å². The van der Waals surface area contributed by atoms with E-state index in [4.69, 9.17) is 10.5 Å². The molecule has 1 fully saturated rings. The molecule has 2 aliphatic rings. The molecule has 0 bridgehead atoms. The van der Waals surface area contributed by atoms with Crippen molar-refractivity contribution < 1.29 is 24.4 Å². The Bertz CT molecular complexity index is 823. The van der Waals surface area contributed by atoms with Crippen molar-refractivity contribution >= 4 is 29.3 Å². The number of β-lactam (4-membered cyclic amide) rings is 1. The third-order valence-corrected chi connectivity index (χ3v) is 5.94. The summed E-state index contributed by atoms with van der Waals surface area (Å²) < 4.78 is 5.35. The van der Waals surface area contributed by atoms with Crippen molar-refractivity contribution in [2.24, 2.45) is 11.7 Å². The van der Waals surface area contributed by atoms with Crippen molar-refractivity contribution in [3.8, 4) is 0 Å². The first-order valence-corrected chi connectivity index (χ1v) is 9.81. The van der Waals surface area contributed by atoms with Crippen LogP contribution in [0.5, 0.6) is 0 Å². The van der Waals surface area contributed by atoms with Gasteiger partial charge in [0.25, 0.3) is 5.69 Å². The Morgan fingerprint density at radius 1 is 1.46 bits per heavy atom. The third-order valence-electron chi connectivity index (χ3n) is 4.79. The fourth-order valence-electron chi connectivity index (χ4n) is 3.46. The zero-order valence-electron chi connectivity index (χ0n) is 15.2. The molecule has 3 rings (SSSR count). The normalized spacial score (nSPS) is 22.0. The van der Waals surface area contributed by atoms with Crippen molar-refractivity contribution in [1.29, 1.82) is 0 Å². The average molecular weight is 407 g/mol. The molecule has 10 heteroatoms. The maximum absolute atomic E-state index is 12.7. The molecule has 28 heavy (non-hydrogen) atoms. The molecule has 3 unspecified atom stereocenters. The number of fused-ring (bicyclic) bond motifs is 1. The van der Waals surface area contributed by atoms with Gasteiger partial charge in [-0.2, -0.15) is 0 Å². The van der Waals surface area contributed by atoms with Gasteiger partial charge in [-0.15, -0.1) is 11.8 Å². The highest BCUT2D eigenvalue weighted by atomic mass is 32.2. The first-order chi connectivity index (χ1) is 13.3. The van der Waals surface area contributed by atoms with Crippen LogP contribution in [0.4, 0.5) is 5.69 Å². The van der Waals surface area contributed by atoms with E-state index in [0.717, 1.165) is 4.91 Å². The first-order valence-electron chi connectivity index (χ1n) is 8.82. The Kier molecular flexibility index (Phi) is 6.01. The minimum absolute atomic E-state index is 0.0489. The fourth-order valence-corrected chi connectivity index (χ4v) is 4.43. The van der Waals surface area contributed by atoms with E-state index in [0.29, 0.717) is 24.3 Å². The molecular weight excluding hydrogens is 386 g/mol. The van der Waals surface area contributed by atoms with Gasteiger partial charge >= 0.3 is 5.97 Å². The summed E-state index contributed by atoms with van der Waals surface area (Å²) in [4.78, 5) is 37.5. The maximum Gasteiger partial charge on any atom is 0.356 e. The van der Waals surface area contributed by atoms with Gasteiger partial charge < -0.3 is 20.5 Å². The van der Waals surface area contributed by atoms with Crippen LogP contribution in [0.15, 0.2) is 34.9 Å². The summed E-state index contributed by atoms with van der Waals surface area (Å²) in [6.07, 6.45) is -0.293. The standard InChI is InChI=1S/C18H21N3O6S/c1-10(22)15-13-8-14(28-7-6-19)16(20(13)17(15)23)18(24)27-9-11-2-4-12(5-3-11)21(25)26/h2-5,10,13,15,22H,6-9,19H2,1H3. The minimum Gasteiger partial charge on any atom is -0.456 e. The number of carbonyl (C=O) groups is 2. The van der Waals surface area contributed by atoms with Crippen molar-refractivity contribution in [2.45, 2.75) is 32.1 Å². The van der Waals surface area contributed by atoms with Crippen molar-refractivity contribution in [1.82, 2.24) is 4.90 Å². The predicted octanol–water partition coefficient (Wildman–Crippen LogP) is 1.15. The van der Waals surface area contributed by atoms with Gasteiger partial charge in [0.15, 0.2) is 0 Å². The molecule has 0 spiro atoms. The van der Waals surface area contributed by atoms with E-state index < -0.39 is 22.9 Å². The zero-order valence-corrected chi connectivity index (χ0v) is 16.1. The Balaban J connectivity index is 1.72. The molecule has 0 saturated carbocycles. The Hall–Kier alpha value is -2.43. The summed E-state index contributed by atoms with van der Waals surface area (Å²) in [5.41, 5.74) is 6.32. The Labute approximate surface area is 165 Å². The maximum atomic E-state index is 12.7. The van der Waals surface area contributed by atoms with Crippen LogP contribution in [0.3, 0.4) is 0 Å². The lowest BCUT2D eigenvalue weighted by atomic mass is 9.83. The Morgan fingerprint density at radius 3 is 2.71 bits per heavy atom. The number of nitro groups is 1. The molecule has 150 valence electrons. The van der Waals surface area contributed by atoms with Gasteiger partial charge in [0.1, 0.15) is 12.3 Å². The molecule has 1 aromatic carbocycles. The molecule has 9 nitrogen and oxygen atoms in total. The number of hydrogen-bond donors (Lipinski definition) is 2. The summed E-state index contributed by atoms with van der Waals surface area (Å²) >= 11 is 1.41. The number of nitro benzene ring substituents is 1. The SMILES string of the molecule is CC(O)C1C(=O)N2C(C(=O)OCc3ccc([N+](=O)[O-])cc3)=C(SCCN)CC12. The number of non-ortho nitro benzene ring substituents is 1. The molecule has 2 heterocycles. The number of nitrogens with two attached hydrogens (primary N) is 1. The topological polar surface area (TPSA) is 136 Å². The summed E-state index contributed by atoms with van der Waals surface area (Å²) in [7, 11) is 0. The van der Waals surface area contributed by atoms with Crippen LogP contribution in [0.25, 0.3) is 0 Å². The number of aliphatic hydroxyl groups is 1. The largest absolute Gasteiger partial charge is 0.456 e. The predicted molar refractivity (Wildman–Crippen MR) is 102 cm³/mol. The number of thioether (sulfide) groups is 1. The number of rotatable bonds is 8. The number of benzene rings is 1. The molecule has 1 saturated heterocycles. The number of amides is 1. The second-order valence-electron chi connectivity index (χ2n) is 6.65. The quantitative estimate of drug-likeness (QED) is 0.283. The van der Waals surface area contributed by atoms with Crippen LogP contribution in [0.1, 0.15) is 18.9 Å². The minimum atomic E-state index is -0.787. The molecule has 0 aliphatic carbocycles. The van der Waals surface area contributed by atoms with E-state index in [9.17, 15) is 24.8 Å². The highest BCUT2D eigenvalue weighted by Crippen LogP contribution is 2.47. The van der Waals surface area contributed by atoms with E-state index >= 15 is 0 Å². The van der Waals surface area contributed by atoms with Gasteiger partial charge in [-0.3, -0.25) is 14.9 Å². The summed E-state index contributed by atoms with van der Waals surface area (Å²) in [6.45, 7) is 1.93. The monoisotopic (exact) mass is 407 g/mol. The summed E-state index contributed by atoms with van der Waals surface area (Å²) in [5, 5.41) is 20.5.